The Kier molecular flexibility index (Phi) is 4.29. The predicted molar refractivity (Wildman–Crippen MR) is 117 cm³/mol. The van der Waals surface area contributed by atoms with E-state index in [1.165, 1.54) is 12.1 Å². The number of nitrogens with one attached hydrogen (secondary N) is 1. The standard InChI is InChI=1S/C23H18FN5O3/c24-16-4-1-14(2-5-16)19-20(15-3-6-17-18(13-15)32-23(30)26-17)29-8-7-25-21(22(29)27-19)28-9-11-31-12-10-28/h1-8,13H,9-12H2,(H,26,30). The molecule has 6 rings (SSSR count). The van der Waals surface area contributed by atoms with E-state index in [1.807, 2.05) is 16.7 Å². The molecule has 0 unspecified atom stereocenters. The van der Waals surface area contributed by atoms with Crippen LogP contribution in [0.4, 0.5) is 10.2 Å². The van der Waals surface area contributed by atoms with Crippen LogP contribution in [-0.2, 0) is 4.74 Å². The molecular weight excluding hydrogens is 413 g/mol. The Morgan fingerprint density at radius 2 is 1.81 bits per heavy atom. The summed E-state index contributed by atoms with van der Waals surface area (Å²) in [4.78, 5) is 26.0. The zero-order valence-electron chi connectivity index (χ0n) is 16.9. The largest absolute Gasteiger partial charge is 0.417 e. The molecule has 4 heterocycles. The van der Waals surface area contributed by atoms with Gasteiger partial charge in [0, 0.05) is 36.6 Å². The number of ether oxygens (including phenoxy) is 1. The highest BCUT2D eigenvalue weighted by Gasteiger charge is 2.22. The summed E-state index contributed by atoms with van der Waals surface area (Å²) in [6.45, 7) is 2.71. The Labute approximate surface area is 180 Å². The van der Waals surface area contributed by atoms with E-state index in [0.29, 0.717) is 35.7 Å². The maximum Gasteiger partial charge on any atom is 0.417 e. The van der Waals surface area contributed by atoms with Gasteiger partial charge in [-0.15, -0.1) is 0 Å². The SMILES string of the molecule is O=c1[nH]c2ccc(-c3c(-c4ccc(F)cc4)nc4c(N5CCOCC5)nccn34)cc2o1. The van der Waals surface area contributed by atoms with E-state index in [1.54, 1.807) is 30.5 Å². The lowest BCUT2D eigenvalue weighted by Crippen LogP contribution is -2.37. The number of rotatable bonds is 3. The van der Waals surface area contributed by atoms with E-state index in [9.17, 15) is 9.18 Å². The molecule has 0 radical (unpaired) electrons. The molecule has 0 aliphatic carbocycles. The summed E-state index contributed by atoms with van der Waals surface area (Å²) in [6.07, 6.45) is 3.60. The first kappa shape index (κ1) is 18.8. The fourth-order valence-electron chi connectivity index (χ4n) is 4.14. The second-order valence-corrected chi connectivity index (χ2v) is 7.59. The number of oxazole rings is 1. The molecule has 1 saturated heterocycles. The van der Waals surface area contributed by atoms with Crippen molar-refractivity contribution in [1.29, 1.82) is 0 Å². The molecule has 160 valence electrons. The first-order valence-electron chi connectivity index (χ1n) is 10.3. The van der Waals surface area contributed by atoms with Crippen molar-refractivity contribution in [3.8, 4) is 22.5 Å². The second-order valence-electron chi connectivity index (χ2n) is 7.59. The maximum atomic E-state index is 13.6. The quantitative estimate of drug-likeness (QED) is 0.471. The Hall–Kier alpha value is -3.98. The van der Waals surface area contributed by atoms with Gasteiger partial charge in [-0.1, -0.05) is 6.07 Å². The van der Waals surface area contributed by atoms with Crippen LogP contribution in [0.1, 0.15) is 0 Å². The molecule has 0 spiro atoms. The molecule has 32 heavy (non-hydrogen) atoms. The van der Waals surface area contributed by atoms with Gasteiger partial charge in [-0.2, -0.15) is 0 Å². The van der Waals surface area contributed by atoms with Gasteiger partial charge in [-0.05, 0) is 36.4 Å². The number of H-pyrrole nitrogens is 1. The summed E-state index contributed by atoms with van der Waals surface area (Å²) < 4.78 is 26.3. The summed E-state index contributed by atoms with van der Waals surface area (Å²) in [5.41, 5.74) is 4.83. The van der Waals surface area contributed by atoms with E-state index in [2.05, 4.69) is 14.9 Å². The number of benzene rings is 2. The molecule has 5 aromatic rings. The van der Waals surface area contributed by atoms with E-state index in [4.69, 9.17) is 14.1 Å². The lowest BCUT2D eigenvalue weighted by atomic mass is 10.0. The van der Waals surface area contributed by atoms with Crippen LogP contribution in [-0.4, -0.2) is 45.7 Å². The van der Waals surface area contributed by atoms with Crippen molar-refractivity contribution in [2.24, 2.45) is 0 Å². The van der Waals surface area contributed by atoms with Crippen molar-refractivity contribution >= 4 is 22.6 Å². The number of morpholine rings is 1. The first-order valence-corrected chi connectivity index (χ1v) is 10.3. The molecular formula is C23H18FN5O3. The number of hydrogen-bond donors (Lipinski definition) is 1. The zero-order chi connectivity index (χ0) is 21.7. The third-order valence-electron chi connectivity index (χ3n) is 5.65. The van der Waals surface area contributed by atoms with Crippen LogP contribution < -0.4 is 10.7 Å². The van der Waals surface area contributed by atoms with Crippen LogP contribution in [0.15, 0.2) is 64.1 Å². The van der Waals surface area contributed by atoms with Crippen molar-refractivity contribution in [2.75, 3.05) is 31.2 Å². The van der Waals surface area contributed by atoms with E-state index in [0.717, 1.165) is 35.7 Å². The molecule has 9 heteroatoms. The Morgan fingerprint density at radius 1 is 1.03 bits per heavy atom. The second kappa shape index (κ2) is 7.31. The van der Waals surface area contributed by atoms with Crippen LogP contribution in [0.5, 0.6) is 0 Å². The number of hydrogen-bond acceptors (Lipinski definition) is 6. The number of fused-ring (bicyclic) bond motifs is 2. The van der Waals surface area contributed by atoms with Crippen LogP contribution in [0.3, 0.4) is 0 Å². The summed E-state index contributed by atoms with van der Waals surface area (Å²) in [6, 6.07) is 11.7. The fraction of sp³-hybridized carbons (Fsp3) is 0.174. The molecule has 3 aromatic heterocycles. The fourth-order valence-corrected chi connectivity index (χ4v) is 4.14. The number of anilines is 1. The lowest BCUT2D eigenvalue weighted by molar-refractivity contribution is 0.122. The third kappa shape index (κ3) is 3.05. The molecule has 2 aromatic carbocycles. The van der Waals surface area contributed by atoms with E-state index >= 15 is 0 Å². The number of halogens is 1. The molecule has 1 aliphatic rings. The highest BCUT2D eigenvalue weighted by molar-refractivity contribution is 5.88. The van der Waals surface area contributed by atoms with Crippen molar-refractivity contribution < 1.29 is 13.5 Å². The molecule has 1 N–H and O–H groups in total. The van der Waals surface area contributed by atoms with Gasteiger partial charge in [-0.3, -0.25) is 9.38 Å². The van der Waals surface area contributed by atoms with Crippen LogP contribution in [0, 0.1) is 5.82 Å². The topological polar surface area (TPSA) is 88.7 Å². The lowest BCUT2D eigenvalue weighted by Gasteiger charge is -2.27. The Balaban J connectivity index is 1.62. The van der Waals surface area contributed by atoms with E-state index in [-0.39, 0.29) is 5.82 Å². The van der Waals surface area contributed by atoms with Crippen molar-refractivity contribution in [1.82, 2.24) is 19.4 Å². The number of aromatic amines is 1. The van der Waals surface area contributed by atoms with Gasteiger partial charge in [0.05, 0.1) is 30.1 Å². The molecule has 0 amide bonds. The minimum atomic E-state index is -0.507. The van der Waals surface area contributed by atoms with E-state index < -0.39 is 5.76 Å². The van der Waals surface area contributed by atoms with Gasteiger partial charge >= 0.3 is 5.76 Å². The number of nitrogens with zero attached hydrogens (tertiary/aromatic N) is 4. The van der Waals surface area contributed by atoms with Crippen molar-refractivity contribution in [3.05, 3.63) is 71.2 Å². The summed E-state index contributed by atoms with van der Waals surface area (Å²) >= 11 is 0. The van der Waals surface area contributed by atoms with Gasteiger partial charge in [0.15, 0.2) is 17.0 Å². The van der Waals surface area contributed by atoms with Crippen LogP contribution >= 0.6 is 0 Å². The highest BCUT2D eigenvalue weighted by atomic mass is 19.1. The average Bonchev–Trinajstić information content (AvgIpc) is 3.39. The van der Waals surface area contributed by atoms with Crippen LogP contribution in [0.2, 0.25) is 0 Å². The minimum Gasteiger partial charge on any atom is -0.408 e. The third-order valence-corrected chi connectivity index (χ3v) is 5.65. The van der Waals surface area contributed by atoms with Crippen molar-refractivity contribution in [2.45, 2.75) is 0 Å². The molecule has 0 saturated carbocycles. The molecule has 0 bridgehead atoms. The van der Waals surface area contributed by atoms with Crippen molar-refractivity contribution in [3.63, 3.8) is 0 Å². The molecule has 8 nitrogen and oxygen atoms in total. The minimum absolute atomic E-state index is 0.315. The number of imidazole rings is 1. The van der Waals surface area contributed by atoms with Gasteiger partial charge in [-0.25, -0.2) is 19.2 Å². The summed E-state index contributed by atoms with van der Waals surface area (Å²) in [7, 11) is 0. The predicted octanol–water partition coefficient (Wildman–Crippen LogP) is 3.47. The summed E-state index contributed by atoms with van der Waals surface area (Å²) in [5.74, 6) is -0.0576. The molecule has 1 fully saturated rings. The smallest absolute Gasteiger partial charge is 0.408 e. The van der Waals surface area contributed by atoms with Crippen LogP contribution in [0.25, 0.3) is 39.3 Å². The Morgan fingerprint density at radius 3 is 2.62 bits per heavy atom. The zero-order valence-corrected chi connectivity index (χ0v) is 16.9. The van der Waals surface area contributed by atoms with Gasteiger partial charge in [0.25, 0.3) is 0 Å². The first-order chi connectivity index (χ1) is 15.7. The summed E-state index contributed by atoms with van der Waals surface area (Å²) in [5, 5.41) is 0. The maximum absolute atomic E-state index is 13.6. The molecule has 1 aliphatic heterocycles. The number of aromatic nitrogens is 4. The van der Waals surface area contributed by atoms with Gasteiger partial charge in [0.1, 0.15) is 5.82 Å². The van der Waals surface area contributed by atoms with Gasteiger partial charge < -0.3 is 14.1 Å². The average molecular weight is 431 g/mol. The highest BCUT2D eigenvalue weighted by Crippen LogP contribution is 2.36. The Bertz CT molecular complexity index is 1500. The van der Waals surface area contributed by atoms with Gasteiger partial charge in [0.2, 0.25) is 0 Å². The molecule has 0 atom stereocenters. The normalized spacial score (nSPS) is 14.5. The monoisotopic (exact) mass is 431 g/mol.